The van der Waals surface area contributed by atoms with Crippen molar-refractivity contribution in [3.8, 4) is 6.07 Å². The average Bonchev–Trinajstić information content (AvgIpc) is 2.37. The number of halogens is 5. The van der Waals surface area contributed by atoms with Crippen molar-refractivity contribution < 1.29 is 22.0 Å². The monoisotopic (exact) mass is 261 g/mol. The minimum Gasteiger partial charge on any atom is -0.203 e. The van der Waals surface area contributed by atoms with Gasteiger partial charge in [0.1, 0.15) is 0 Å². The van der Waals surface area contributed by atoms with Crippen LogP contribution in [-0.4, -0.2) is 0 Å². The molecule has 1 aromatic carbocycles. The van der Waals surface area contributed by atoms with E-state index in [4.69, 9.17) is 5.26 Å². The van der Waals surface area contributed by atoms with Crippen LogP contribution >= 0.6 is 0 Å². The van der Waals surface area contributed by atoms with Crippen molar-refractivity contribution in [1.29, 1.82) is 5.26 Å². The van der Waals surface area contributed by atoms with Crippen molar-refractivity contribution in [2.75, 3.05) is 0 Å². The molecule has 0 aliphatic rings. The predicted octanol–water partition coefficient (Wildman–Crippen LogP) is 3.78. The Morgan fingerprint density at radius 2 is 1.44 bits per heavy atom. The van der Waals surface area contributed by atoms with Gasteiger partial charge in [-0.05, 0) is 6.42 Å². The number of benzene rings is 1. The van der Waals surface area contributed by atoms with Gasteiger partial charge >= 0.3 is 0 Å². The topological polar surface area (TPSA) is 23.8 Å². The van der Waals surface area contributed by atoms with E-state index >= 15 is 0 Å². The molecule has 0 atom stereocenters. The zero-order valence-electron chi connectivity index (χ0n) is 9.33. The molecule has 0 aliphatic heterocycles. The summed E-state index contributed by atoms with van der Waals surface area (Å²) in [7, 11) is 0. The minimum absolute atomic E-state index is 0.0549. The number of nitriles is 1. The molecule has 0 aromatic heterocycles. The lowest BCUT2D eigenvalue weighted by molar-refractivity contribution is 0.371. The Kier molecular flexibility index (Phi) is 4.43. The molecule has 0 unspecified atom stereocenters. The zero-order valence-corrected chi connectivity index (χ0v) is 9.33. The highest BCUT2D eigenvalue weighted by Crippen LogP contribution is 2.24. The summed E-state index contributed by atoms with van der Waals surface area (Å²) in [4.78, 5) is 0. The van der Waals surface area contributed by atoms with E-state index in [0.29, 0.717) is 6.42 Å². The molecule has 0 saturated heterocycles. The van der Waals surface area contributed by atoms with E-state index in [1.807, 2.05) is 0 Å². The molecule has 6 heteroatoms. The largest absolute Gasteiger partial charge is 0.203 e. The Hall–Kier alpha value is -1.90. The van der Waals surface area contributed by atoms with Crippen LogP contribution in [0.3, 0.4) is 0 Å². The minimum atomic E-state index is -2.20. The van der Waals surface area contributed by atoms with Gasteiger partial charge in [-0.3, -0.25) is 0 Å². The molecular weight excluding hydrogens is 253 g/mol. The Morgan fingerprint density at radius 3 is 1.83 bits per heavy atom. The molecule has 0 saturated carbocycles. The van der Waals surface area contributed by atoms with Gasteiger partial charge in [-0.1, -0.05) is 13.0 Å². The molecule has 0 radical (unpaired) electrons. The van der Waals surface area contributed by atoms with Crippen LogP contribution in [0.15, 0.2) is 11.6 Å². The molecular formula is C12H8F5N. The Morgan fingerprint density at radius 1 is 1.00 bits per heavy atom. The van der Waals surface area contributed by atoms with Crippen LogP contribution in [0.2, 0.25) is 0 Å². The second-order valence-electron chi connectivity index (χ2n) is 3.47. The summed E-state index contributed by atoms with van der Waals surface area (Å²) >= 11 is 0. The van der Waals surface area contributed by atoms with Crippen molar-refractivity contribution >= 4 is 0 Å². The summed E-state index contributed by atoms with van der Waals surface area (Å²) in [6.07, 6.45) is 1.15. The predicted molar refractivity (Wildman–Crippen MR) is 53.9 cm³/mol. The van der Waals surface area contributed by atoms with Gasteiger partial charge in [0.25, 0.3) is 0 Å². The summed E-state index contributed by atoms with van der Waals surface area (Å²) in [6.45, 7) is 1.68. The number of hydrogen-bond donors (Lipinski definition) is 0. The van der Waals surface area contributed by atoms with E-state index in [1.165, 1.54) is 6.08 Å². The third kappa shape index (κ3) is 2.50. The number of allylic oxidation sites excluding steroid dienone is 2. The number of hydrogen-bond acceptors (Lipinski definition) is 1. The third-order valence-corrected chi connectivity index (χ3v) is 2.26. The van der Waals surface area contributed by atoms with Crippen LogP contribution in [0, 0.1) is 40.4 Å². The van der Waals surface area contributed by atoms with Crippen LogP contribution < -0.4 is 0 Å². The normalized spacial score (nSPS) is 11.5. The maximum atomic E-state index is 13.3. The molecule has 96 valence electrons. The second kappa shape index (κ2) is 5.63. The highest BCUT2D eigenvalue weighted by Gasteiger charge is 2.25. The average molecular weight is 261 g/mol. The first-order chi connectivity index (χ1) is 8.43. The van der Waals surface area contributed by atoms with Crippen molar-refractivity contribution in [2.45, 2.75) is 19.8 Å². The lowest BCUT2D eigenvalue weighted by Gasteiger charge is -2.07. The third-order valence-electron chi connectivity index (χ3n) is 2.26. The van der Waals surface area contributed by atoms with Gasteiger partial charge in [0.2, 0.25) is 5.82 Å². The SMILES string of the molecule is CC/C=C(\C#N)Cc1c(F)c(F)c(F)c(F)c1F. The molecule has 0 N–H and O–H groups in total. The summed E-state index contributed by atoms with van der Waals surface area (Å²) in [5.74, 6) is -10.0. The molecule has 0 spiro atoms. The maximum absolute atomic E-state index is 13.3. The lowest BCUT2D eigenvalue weighted by Crippen LogP contribution is -2.07. The fourth-order valence-electron chi connectivity index (χ4n) is 1.40. The molecule has 0 amide bonds. The van der Waals surface area contributed by atoms with E-state index in [0.717, 1.165) is 0 Å². The Bertz CT molecular complexity index is 513. The van der Waals surface area contributed by atoms with Gasteiger partial charge in [-0.2, -0.15) is 5.26 Å². The van der Waals surface area contributed by atoms with E-state index in [2.05, 4.69) is 0 Å². The quantitative estimate of drug-likeness (QED) is 0.351. The second-order valence-corrected chi connectivity index (χ2v) is 3.47. The van der Waals surface area contributed by atoms with Gasteiger partial charge < -0.3 is 0 Å². The molecule has 18 heavy (non-hydrogen) atoms. The van der Waals surface area contributed by atoms with Crippen LogP contribution in [-0.2, 0) is 6.42 Å². The van der Waals surface area contributed by atoms with Crippen LogP contribution in [0.4, 0.5) is 22.0 Å². The molecule has 0 aliphatic carbocycles. The number of rotatable bonds is 3. The van der Waals surface area contributed by atoms with Crippen molar-refractivity contribution in [3.63, 3.8) is 0 Å². The highest BCUT2D eigenvalue weighted by molar-refractivity contribution is 5.33. The summed E-state index contributed by atoms with van der Waals surface area (Å²) < 4.78 is 65.1. The van der Waals surface area contributed by atoms with Crippen LogP contribution in [0.1, 0.15) is 18.9 Å². The van der Waals surface area contributed by atoms with Gasteiger partial charge in [-0.15, -0.1) is 0 Å². The maximum Gasteiger partial charge on any atom is 0.200 e. The summed E-state index contributed by atoms with van der Waals surface area (Å²) in [5.41, 5.74) is -1.05. The fraction of sp³-hybridized carbons (Fsp3) is 0.250. The first-order valence-electron chi connectivity index (χ1n) is 5.03. The zero-order chi connectivity index (χ0) is 13.9. The van der Waals surface area contributed by atoms with Crippen molar-refractivity contribution in [2.24, 2.45) is 0 Å². The van der Waals surface area contributed by atoms with Gasteiger partial charge in [0.05, 0.1) is 6.07 Å². The molecule has 1 nitrogen and oxygen atoms in total. The van der Waals surface area contributed by atoms with Crippen LogP contribution in [0.5, 0.6) is 0 Å². The first-order valence-corrected chi connectivity index (χ1v) is 5.03. The van der Waals surface area contributed by atoms with E-state index in [9.17, 15) is 22.0 Å². The number of nitrogens with zero attached hydrogens (tertiary/aromatic N) is 1. The van der Waals surface area contributed by atoms with Gasteiger partial charge in [0.15, 0.2) is 23.3 Å². The molecule has 0 fully saturated rings. The summed E-state index contributed by atoms with van der Waals surface area (Å²) in [6, 6.07) is 1.65. The lowest BCUT2D eigenvalue weighted by atomic mass is 10.0. The molecule has 1 rings (SSSR count). The molecule has 1 aromatic rings. The van der Waals surface area contributed by atoms with Gasteiger partial charge in [0, 0.05) is 17.6 Å². The smallest absolute Gasteiger partial charge is 0.200 e. The fourth-order valence-corrected chi connectivity index (χ4v) is 1.40. The van der Waals surface area contributed by atoms with Crippen molar-refractivity contribution in [1.82, 2.24) is 0 Å². The highest BCUT2D eigenvalue weighted by atomic mass is 19.2. The molecule has 0 heterocycles. The van der Waals surface area contributed by atoms with E-state index in [1.54, 1.807) is 13.0 Å². The van der Waals surface area contributed by atoms with Crippen LogP contribution in [0.25, 0.3) is 0 Å². The molecule has 0 bridgehead atoms. The van der Waals surface area contributed by atoms with Crippen molar-refractivity contribution in [3.05, 3.63) is 46.3 Å². The van der Waals surface area contributed by atoms with E-state index in [-0.39, 0.29) is 5.57 Å². The Labute approximate surface area is 100 Å². The van der Waals surface area contributed by atoms with Gasteiger partial charge in [-0.25, -0.2) is 22.0 Å². The Balaban J connectivity index is 3.35. The first kappa shape index (κ1) is 14.2. The van der Waals surface area contributed by atoms with E-state index < -0.39 is 41.1 Å². The standard InChI is InChI=1S/C12H8F5N/c1-2-3-6(5-18)4-7-8(13)10(15)12(17)11(16)9(7)14/h3H,2,4H2,1H3/b6-3-. The summed E-state index contributed by atoms with van der Waals surface area (Å²) in [5, 5.41) is 8.67.